The van der Waals surface area contributed by atoms with Crippen LogP contribution in [0.2, 0.25) is 0 Å². The topological polar surface area (TPSA) is 90.9 Å². The Kier molecular flexibility index (Phi) is 6.63. The fourth-order valence-corrected chi connectivity index (χ4v) is 2.97. The van der Waals surface area contributed by atoms with E-state index in [1.54, 1.807) is 24.0 Å². The molecule has 3 aromatic heterocycles. The van der Waals surface area contributed by atoms with Crippen LogP contribution >= 0.6 is 22.6 Å². The summed E-state index contributed by atoms with van der Waals surface area (Å²) in [7, 11) is 0. The second kappa shape index (κ2) is 8.99. The molecule has 3 heterocycles. The van der Waals surface area contributed by atoms with E-state index < -0.39 is 10.5 Å². The largest absolute Gasteiger partial charge is 0.470 e. The minimum Gasteiger partial charge on any atom is -0.470 e. The van der Waals surface area contributed by atoms with Gasteiger partial charge in [0.05, 0.1) is 23.5 Å². The normalized spacial score (nSPS) is 11.6. The molecule has 0 bridgehead atoms. The quantitative estimate of drug-likeness (QED) is 0.337. The number of alkyl halides is 3. The number of rotatable bonds is 9. The molecule has 29 heavy (non-hydrogen) atoms. The molecule has 10 heteroatoms. The van der Waals surface area contributed by atoms with Crippen LogP contribution < -0.4 is 15.8 Å². The molecule has 0 aromatic carbocycles. The first-order chi connectivity index (χ1) is 13.8. The fourth-order valence-electron chi connectivity index (χ4n) is 2.82. The van der Waals surface area contributed by atoms with Gasteiger partial charge >= 0.3 is 3.93 Å². The van der Waals surface area contributed by atoms with Crippen molar-refractivity contribution in [3.8, 4) is 5.88 Å². The van der Waals surface area contributed by atoms with Crippen molar-refractivity contribution in [2.24, 2.45) is 5.73 Å². The highest BCUT2D eigenvalue weighted by Gasteiger charge is 2.25. The Balaban J connectivity index is 1.78. The number of fused-ring (bicyclic) bond motifs is 1. The van der Waals surface area contributed by atoms with Crippen LogP contribution in [0.3, 0.4) is 0 Å². The first kappa shape index (κ1) is 21.4. The number of ether oxygens (including phenoxy) is 1. The summed E-state index contributed by atoms with van der Waals surface area (Å²) in [5.41, 5.74) is 9.28. The van der Waals surface area contributed by atoms with Crippen molar-refractivity contribution < 1.29 is 13.5 Å². The van der Waals surface area contributed by atoms with E-state index >= 15 is 0 Å². The van der Waals surface area contributed by atoms with E-state index in [1.165, 1.54) is 0 Å². The summed E-state index contributed by atoms with van der Waals surface area (Å²) in [4.78, 5) is 8.56. The lowest BCUT2D eigenvalue weighted by atomic mass is 10.2. The third kappa shape index (κ3) is 5.60. The lowest BCUT2D eigenvalue weighted by Crippen LogP contribution is -2.21. The van der Waals surface area contributed by atoms with Gasteiger partial charge < -0.3 is 15.8 Å². The average Bonchev–Trinajstić information content (AvgIpc) is 3.07. The maximum Gasteiger partial charge on any atom is 0.329 e. The molecule has 0 unspecified atom stereocenters. The zero-order valence-electron chi connectivity index (χ0n) is 15.8. The molecule has 0 fully saturated rings. The molecule has 0 amide bonds. The summed E-state index contributed by atoms with van der Waals surface area (Å²) >= 11 is 1.04. The minimum atomic E-state index is -2.94. The van der Waals surface area contributed by atoms with Crippen molar-refractivity contribution >= 4 is 39.2 Å². The van der Waals surface area contributed by atoms with Gasteiger partial charge in [-0.1, -0.05) is 6.58 Å². The highest BCUT2D eigenvalue weighted by atomic mass is 127. The van der Waals surface area contributed by atoms with E-state index in [9.17, 15) is 8.78 Å². The molecular weight excluding hydrogens is 493 g/mol. The van der Waals surface area contributed by atoms with Crippen LogP contribution in [0.1, 0.15) is 16.8 Å². The number of halogens is 3. The van der Waals surface area contributed by atoms with E-state index in [0.717, 1.165) is 44.8 Å². The number of nitrogens with one attached hydrogen (secondary N) is 1. The van der Waals surface area contributed by atoms with E-state index in [0.29, 0.717) is 30.9 Å². The fraction of sp³-hybridized carbons (Fsp3) is 0.316. The van der Waals surface area contributed by atoms with E-state index in [2.05, 4.69) is 27.0 Å². The molecule has 7 nitrogen and oxygen atoms in total. The van der Waals surface area contributed by atoms with Crippen LogP contribution in [0.5, 0.6) is 5.88 Å². The standard InChI is InChI=1S/C19H21F2IN6O/c1-12-7-14(8-26-18(12)29-11-19(20,21)22)9-28-10-15-16(27-28)3-5-25-17(15)13(2)24-6-4-23/h3,5,7-8,10,24H,2,4,6,9,11,23H2,1H3. The van der Waals surface area contributed by atoms with Gasteiger partial charge in [0, 0.05) is 65.2 Å². The number of nitrogens with two attached hydrogens (primary N) is 1. The smallest absolute Gasteiger partial charge is 0.329 e. The summed E-state index contributed by atoms with van der Waals surface area (Å²) in [6, 6.07) is 3.68. The third-order valence-electron chi connectivity index (χ3n) is 4.05. The Morgan fingerprint density at radius 2 is 2.21 bits per heavy atom. The van der Waals surface area contributed by atoms with Crippen LogP contribution in [0.25, 0.3) is 16.6 Å². The highest BCUT2D eigenvalue weighted by molar-refractivity contribution is 14.1. The highest BCUT2D eigenvalue weighted by Crippen LogP contribution is 2.25. The second-order valence-corrected chi connectivity index (χ2v) is 8.06. The van der Waals surface area contributed by atoms with Gasteiger partial charge in [0.15, 0.2) is 6.61 Å². The Morgan fingerprint density at radius 3 is 2.90 bits per heavy atom. The molecule has 0 atom stereocenters. The van der Waals surface area contributed by atoms with Crippen LogP contribution in [0, 0.1) is 6.92 Å². The predicted molar refractivity (Wildman–Crippen MR) is 116 cm³/mol. The molecule has 0 saturated heterocycles. The molecule has 0 radical (unpaired) electrons. The van der Waals surface area contributed by atoms with Crippen molar-refractivity contribution in [3.05, 3.63) is 54.1 Å². The van der Waals surface area contributed by atoms with Gasteiger partial charge in [0.2, 0.25) is 5.88 Å². The number of nitrogens with zero attached hydrogens (tertiary/aromatic N) is 4. The molecule has 0 saturated carbocycles. The zero-order chi connectivity index (χ0) is 21.0. The van der Waals surface area contributed by atoms with E-state index in [4.69, 9.17) is 10.5 Å². The van der Waals surface area contributed by atoms with Gasteiger partial charge in [-0.2, -0.15) is 13.9 Å². The lowest BCUT2D eigenvalue weighted by Gasteiger charge is -2.12. The summed E-state index contributed by atoms with van der Waals surface area (Å²) < 4.78 is 29.9. The third-order valence-corrected chi connectivity index (χ3v) is 4.37. The Bertz CT molecular complexity index is 1020. The van der Waals surface area contributed by atoms with Crippen LogP contribution in [0.4, 0.5) is 8.78 Å². The molecule has 0 spiro atoms. The molecule has 154 valence electrons. The van der Waals surface area contributed by atoms with Crippen LogP contribution in [-0.4, -0.2) is 43.4 Å². The predicted octanol–water partition coefficient (Wildman–Crippen LogP) is 3.11. The Hall–Kier alpha value is -2.34. The first-order valence-electron chi connectivity index (χ1n) is 8.87. The van der Waals surface area contributed by atoms with Crippen LogP contribution in [-0.2, 0) is 6.54 Å². The number of hydrogen-bond acceptors (Lipinski definition) is 6. The number of aromatic nitrogens is 4. The second-order valence-electron chi connectivity index (χ2n) is 6.48. The maximum absolute atomic E-state index is 13.0. The van der Waals surface area contributed by atoms with Crippen molar-refractivity contribution in [1.29, 1.82) is 0 Å². The zero-order valence-corrected chi connectivity index (χ0v) is 18.0. The molecule has 0 aliphatic rings. The van der Waals surface area contributed by atoms with Gasteiger partial charge in [0.1, 0.15) is 0 Å². The van der Waals surface area contributed by atoms with E-state index in [1.807, 2.05) is 18.3 Å². The minimum absolute atomic E-state index is 0.199. The SMILES string of the molecule is C=C(NCCN)c1nccc2nn(Cc3cnc(OCC(F)(F)I)c(C)c3)cc12. The maximum atomic E-state index is 13.0. The Morgan fingerprint density at radius 1 is 1.41 bits per heavy atom. The number of pyridine rings is 2. The lowest BCUT2D eigenvalue weighted by molar-refractivity contribution is 0.0622. The molecule has 0 aliphatic heterocycles. The monoisotopic (exact) mass is 514 g/mol. The molecule has 0 aliphatic carbocycles. The van der Waals surface area contributed by atoms with Gasteiger partial charge in [-0.25, -0.2) is 4.98 Å². The molecular formula is C19H21F2IN6O. The molecule has 3 aromatic rings. The van der Waals surface area contributed by atoms with Crippen molar-refractivity contribution in [2.75, 3.05) is 19.7 Å². The van der Waals surface area contributed by atoms with Crippen molar-refractivity contribution in [2.45, 2.75) is 17.4 Å². The van der Waals surface area contributed by atoms with E-state index in [-0.39, 0.29) is 5.88 Å². The summed E-state index contributed by atoms with van der Waals surface area (Å²) in [6.45, 7) is 6.63. The van der Waals surface area contributed by atoms with Gasteiger partial charge in [-0.15, -0.1) is 0 Å². The summed E-state index contributed by atoms with van der Waals surface area (Å²) in [5.74, 6) is 0.199. The first-order valence-corrected chi connectivity index (χ1v) is 9.95. The van der Waals surface area contributed by atoms with Gasteiger partial charge in [-0.3, -0.25) is 9.67 Å². The summed E-state index contributed by atoms with van der Waals surface area (Å²) in [5, 5.41) is 8.59. The summed E-state index contributed by atoms with van der Waals surface area (Å²) in [6.07, 6.45) is 5.18. The Labute approximate surface area is 180 Å². The molecule has 3 rings (SSSR count). The van der Waals surface area contributed by atoms with Crippen LogP contribution in [0.15, 0.2) is 37.3 Å². The van der Waals surface area contributed by atoms with Crippen molar-refractivity contribution in [1.82, 2.24) is 25.1 Å². The van der Waals surface area contributed by atoms with Crippen molar-refractivity contribution in [3.63, 3.8) is 0 Å². The number of hydrogen-bond donors (Lipinski definition) is 2. The molecule has 3 N–H and O–H groups in total. The average molecular weight is 514 g/mol. The van der Waals surface area contributed by atoms with Gasteiger partial charge in [0.25, 0.3) is 0 Å². The number of aryl methyl sites for hydroxylation is 1. The van der Waals surface area contributed by atoms with Gasteiger partial charge in [-0.05, 0) is 24.6 Å².